The molecule has 0 bridgehead atoms. The number of carboxylic acid groups (broad SMARTS) is 1. The lowest BCUT2D eigenvalue weighted by atomic mass is 10.2. The highest BCUT2D eigenvalue weighted by Crippen LogP contribution is 2.29. The Bertz CT molecular complexity index is 837. The van der Waals surface area contributed by atoms with Gasteiger partial charge in [-0.1, -0.05) is 0 Å². The maximum atomic E-state index is 10.8. The Morgan fingerprint density at radius 2 is 2.18 bits per heavy atom. The second-order valence-electron chi connectivity index (χ2n) is 4.53. The number of imidazole rings is 1. The molecule has 3 aromatic rings. The highest BCUT2D eigenvalue weighted by atomic mass is 16.5. The third-order valence-electron chi connectivity index (χ3n) is 3.02. The number of carboxylic acids is 1. The van der Waals surface area contributed by atoms with E-state index in [1.165, 1.54) is 0 Å². The van der Waals surface area contributed by atoms with Gasteiger partial charge in [-0.25, -0.2) is 9.78 Å². The van der Waals surface area contributed by atoms with Crippen molar-refractivity contribution in [3.63, 3.8) is 0 Å². The zero-order chi connectivity index (χ0) is 15.7. The minimum Gasteiger partial charge on any atom is -0.495 e. The van der Waals surface area contributed by atoms with Crippen LogP contribution in [0.25, 0.3) is 17.1 Å². The Labute approximate surface area is 125 Å². The van der Waals surface area contributed by atoms with E-state index in [0.29, 0.717) is 11.3 Å². The molecule has 8 heteroatoms. The van der Waals surface area contributed by atoms with Crippen molar-refractivity contribution in [2.75, 3.05) is 7.11 Å². The second-order valence-corrected chi connectivity index (χ2v) is 4.53. The van der Waals surface area contributed by atoms with Crippen LogP contribution < -0.4 is 4.74 Å². The van der Waals surface area contributed by atoms with Crippen molar-refractivity contribution in [1.82, 2.24) is 19.7 Å². The number of aromatic nitrogens is 4. The zero-order valence-corrected chi connectivity index (χ0v) is 11.8. The fraction of sp³-hybridized carbons (Fsp3) is 0.143. The topological polar surface area (TPSA) is 103 Å². The van der Waals surface area contributed by atoms with Gasteiger partial charge < -0.3 is 18.8 Å². The lowest BCUT2D eigenvalue weighted by Crippen LogP contribution is -1.96. The van der Waals surface area contributed by atoms with Crippen LogP contribution in [0.2, 0.25) is 0 Å². The average molecular weight is 300 g/mol. The van der Waals surface area contributed by atoms with Crippen LogP contribution in [0.5, 0.6) is 5.75 Å². The second kappa shape index (κ2) is 5.32. The van der Waals surface area contributed by atoms with Gasteiger partial charge in [-0.15, -0.1) is 10.2 Å². The molecule has 0 saturated carbocycles. The molecule has 0 unspecified atom stereocenters. The normalized spacial score (nSPS) is 10.6. The van der Waals surface area contributed by atoms with Crippen molar-refractivity contribution < 1.29 is 19.1 Å². The van der Waals surface area contributed by atoms with Crippen molar-refractivity contribution in [1.29, 1.82) is 0 Å². The Balaban J connectivity index is 2.02. The standard InChI is InChI=1S/C14H12N4O4/c1-8-6-18(7-15-8)10-4-3-9(5-11(10)21-2)12-16-17-13(22-12)14(19)20/h3-7H,1-2H3,(H,19,20). The molecule has 0 saturated heterocycles. The lowest BCUT2D eigenvalue weighted by Gasteiger charge is -2.09. The summed E-state index contributed by atoms with van der Waals surface area (Å²) < 4.78 is 12.3. The van der Waals surface area contributed by atoms with Gasteiger partial charge in [-0.3, -0.25) is 0 Å². The number of carbonyl (C=O) groups is 1. The van der Waals surface area contributed by atoms with Gasteiger partial charge in [0.1, 0.15) is 5.75 Å². The van der Waals surface area contributed by atoms with E-state index < -0.39 is 11.9 Å². The summed E-state index contributed by atoms with van der Waals surface area (Å²) in [4.78, 5) is 15.0. The number of methoxy groups -OCH3 is 1. The first-order chi connectivity index (χ1) is 10.6. The summed E-state index contributed by atoms with van der Waals surface area (Å²) in [5.74, 6) is -1.03. The van der Waals surface area contributed by atoms with Gasteiger partial charge in [0.2, 0.25) is 5.89 Å². The number of ether oxygens (including phenoxy) is 1. The summed E-state index contributed by atoms with van der Waals surface area (Å²) in [7, 11) is 1.54. The summed E-state index contributed by atoms with van der Waals surface area (Å²) in [5, 5.41) is 16.0. The van der Waals surface area contributed by atoms with Crippen molar-refractivity contribution in [2.45, 2.75) is 6.92 Å². The molecule has 0 fully saturated rings. The predicted molar refractivity (Wildman–Crippen MR) is 75.1 cm³/mol. The Morgan fingerprint density at radius 3 is 2.77 bits per heavy atom. The van der Waals surface area contributed by atoms with Gasteiger partial charge in [-0.05, 0) is 25.1 Å². The Hall–Kier alpha value is -3.16. The van der Waals surface area contributed by atoms with Crippen LogP contribution in [-0.2, 0) is 0 Å². The van der Waals surface area contributed by atoms with Crippen LogP contribution in [0.1, 0.15) is 16.4 Å². The predicted octanol–water partition coefficient (Wildman–Crippen LogP) is 1.94. The maximum absolute atomic E-state index is 10.8. The number of aryl methyl sites for hydroxylation is 1. The summed E-state index contributed by atoms with van der Waals surface area (Å²) in [5.41, 5.74) is 2.25. The number of nitrogens with zero attached hydrogens (tertiary/aromatic N) is 4. The van der Waals surface area contributed by atoms with Gasteiger partial charge >= 0.3 is 11.9 Å². The van der Waals surface area contributed by atoms with Gasteiger partial charge in [-0.2, -0.15) is 0 Å². The molecular weight excluding hydrogens is 288 g/mol. The molecule has 0 aliphatic rings. The molecule has 0 aliphatic carbocycles. The molecule has 0 atom stereocenters. The van der Waals surface area contributed by atoms with Gasteiger partial charge in [0.05, 0.1) is 24.8 Å². The van der Waals surface area contributed by atoms with Crippen LogP contribution >= 0.6 is 0 Å². The van der Waals surface area contributed by atoms with Crippen LogP contribution in [0.15, 0.2) is 35.1 Å². The summed E-state index contributed by atoms with van der Waals surface area (Å²) in [6.45, 7) is 1.89. The van der Waals surface area contributed by atoms with E-state index in [2.05, 4.69) is 15.2 Å². The van der Waals surface area contributed by atoms with Gasteiger partial charge in [0, 0.05) is 11.8 Å². The molecule has 22 heavy (non-hydrogen) atoms. The van der Waals surface area contributed by atoms with E-state index in [9.17, 15) is 4.79 Å². The van der Waals surface area contributed by atoms with Gasteiger partial charge in [0.15, 0.2) is 0 Å². The molecule has 1 N–H and O–H groups in total. The van der Waals surface area contributed by atoms with E-state index in [1.807, 2.05) is 17.7 Å². The Morgan fingerprint density at radius 1 is 1.36 bits per heavy atom. The monoisotopic (exact) mass is 300 g/mol. The SMILES string of the molecule is COc1cc(-c2nnc(C(=O)O)o2)ccc1-n1cnc(C)c1. The molecule has 2 aromatic heterocycles. The number of rotatable bonds is 4. The summed E-state index contributed by atoms with van der Waals surface area (Å²) >= 11 is 0. The smallest absolute Gasteiger partial charge is 0.393 e. The third-order valence-corrected chi connectivity index (χ3v) is 3.02. The van der Waals surface area contributed by atoms with Crippen molar-refractivity contribution in [2.24, 2.45) is 0 Å². The van der Waals surface area contributed by atoms with E-state index in [1.54, 1.807) is 31.6 Å². The molecule has 3 rings (SSSR count). The third kappa shape index (κ3) is 2.41. The quantitative estimate of drug-likeness (QED) is 0.785. The zero-order valence-electron chi connectivity index (χ0n) is 11.8. The molecule has 0 amide bonds. The minimum absolute atomic E-state index is 0.115. The lowest BCUT2D eigenvalue weighted by molar-refractivity contribution is 0.0654. The number of benzene rings is 1. The Kier molecular flexibility index (Phi) is 3.34. The van der Waals surface area contributed by atoms with E-state index >= 15 is 0 Å². The molecule has 0 aliphatic heterocycles. The average Bonchev–Trinajstić information content (AvgIpc) is 3.15. The van der Waals surface area contributed by atoms with Gasteiger partial charge in [0.25, 0.3) is 0 Å². The van der Waals surface area contributed by atoms with Crippen molar-refractivity contribution in [3.05, 3.63) is 42.3 Å². The number of aromatic carboxylic acids is 1. The highest BCUT2D eigenvalue weighted by Gasteiger charge is 2.16. The van der Waals surface area contributed by atoms with Crippen molar-refractivity contribution >= 4 is 5.97 Å². The highest BCUT2D eigenvalue weighted by molar-refractivity contribution is 5.82. The molecule has 2 heterocycles. The first-order valence-electron chi connectivity index (χ1n) is 6.34. The first kappa shape index (κ1) is 13.8. The maximum Gasteiger partial charge on any atom is 0.393 e. The van der Waals surface area contributed by atoms with E-state index in [4.69, 9.17) is 14.3 Å². The molecule has 1 aromatic carbocycles. The largest absolute Gasteiger partial charge is 0.495 e. The minimum atomic E-state index is -1.27. The van der Waals surface area contributed by atoms with Crippen LogP contribution in [0, 0.1) is 6.92 Å². The summed E-state index contributed by atoms with van der Waals surface area (Å²) in [6, 6.07) is 5.25. The number of hydrogen-bond acceptors (Lipinski definition) is 6. The van der Waals surface area contributed by atoms with Crippen LogP contribution in [0.3, 0.4) is 0 Å². The van der Waals surface area contributed by atoms with E-state index in [-0.39, 0.29) is 5.89 Å². The van der Waals surface area contributed by atoms with E-state index in [0.717, 1.165) is 11.4 Å². The molecule has 8 nitrogen and oxygen atoms in total. The van der Waals surface area contributed by atoms with Crippen molar-refractivity contribution in [3.8, 4) is 22.9 Å². The number of hydrogen-bond donors (Lipinski definition) is 1. The molecule has 0 radical (unpaired) electrons. The van der Waals surface area contributed by atoms with Crippen LogP contribution in [-0.4, -0.2) is 37.9 Å². The molecule has 112 valence electrons. The fourth-order valence-corrected chi connectivity index (χ4v) is 2.00. The first-order valence-corrected chi connectivity index (χ1v) is 6.34. The molecule has 0 spiro atoms. The fourth-order valence-electron chi connectivity index (χ4n) is 2.00. The molecular formula is C14H12N4O4. The summed E-state index contributed by atoms with van der Waals surface area (Å²) in [6.07, 6.45) is 3.55. The van der Waals surface area contributed by atoms with Crippen LogP contribution in [0.4, 0.5) is 0 Å².